The number of nitro groups is 1. The zero-order chi connectivity index (χ0) is 13.3. The van der Waals surface area contributed by atoms with Crippen LogP contribution in [-0.4, -0.2) is 16.4 Å². The number of rotatable bonds is 3. The quantitative estimate of drug-likeness (QED) is 0.485. The number of benzene rings is 1. The fourth-order valence-electron chi connectivity index (χ4n) is 2.04. The molecule has 3 N–H and O–H groups in total. The Bertz CT molecular complexity index is 509. The summed E-state index contributed by atoms with van der Waals surface area (Å²) in [6.07, 6.45) is 3.03. The number of nitrogens with two attached hydrogens (primary N) is 1. The minimum absolute atomic E-state index is 0.00594. The minimum Gasteiger partial charge on any atom is -0.393 e. The standard InChI is InChI=1S/C12H15N3O3/c1-12(5-2-6-12)14-11(16)8-3-4-10(15(17)18)9(13)7-8/h3-4,7H,2,5-6,13H2,1H3,(H,14,16). The molecule has 1 amide bonds. The summed E-state index contributed by atoms with van der Waals surface area (Å²) in [6.45, 7) is 1.99. The van der Waals surface area contributed by atoms with Crippen LogP contribution in [0, 0.1) is 10.1 Å². The molecule has 1 aliphatic carbocycles. The third kappa shape index (κ3) is 2.27. The summed E-state index contributed by atoms with van der Waals surface area (Å²) in [4.78, 5) is 22.0. The number of nitrogens with one attached hydrogen (secondary N) is 1. The molecule has 6 heteroatoms. The molecule has 0 unspecified atom stereocenters. The SMILES string of the molecule is CC1(NC(=O)c2ccc([N+](=O)[O-])c(N)c2)CCC1. The van der Waals surface area contributed by atoms with Crippen molar-refractivity contribution in [2.75, 3.05) is 5.73 Å². The Morgan fingerprint density at radius 3 is 2.61 bits per heavy atom. The monoisotopic (exact) mass is 249 g/mol. The molecule has 0 atom stereocenters. The number of carbonyl (C=O) groups excluding carboxylic acids is 1. The molecule has 6 nitrogen and oxygen atoms in total. The maximum atomic E-state index is 11.9. The van der Waals surface area contributed by atoms with Crippen molar-refractivity contribution in [1.29, 1.82) is 0 Å². The van der Waals surface area contributed by atoms with Crippen LogP contribution in [0.3, 0.4) is 0 Å². The topological polar surface area (TPSA) is 98.3 Å². The van der Waals surface area contributed by atoms with Gasteiger partial charge in [-0.3, -0.25) is 14.9 Å². The van der Waals surface area contributed by atoms with Crippen molar-refractivity contribution in [2.24, 2.45) is 0 Å². The van der Waals surface area contributed by atoms with Crippen LogP contribution in [-0.2, 0) is 0 Å². The second kappa shape index (κ2) is 4.29. The molecule has 1 aromatic rings. The Balaban J connectivity index is 2.16. The van der Waals surface area contributed by atoms with Gasteiger partial charge >= 0.3 is 0 Å². The molecule has 0 heterocycles. The molecule has 1 fully saturated rings. The van der Waals surface area contributed by atoms with Crippen molar-refractivity contribution in [3.05, 3.63) is 33.9 Å². The van der Waals surface area contributed by atoms with Crippen LogP contribution in [0.4, 0.5) is 11.4 Å². The Morgan fingerprint density at radius 1 is 1.50 bits per heavy atom. The predicted octanol–water partition coefficient (Wildman–Crippen LogP) is 1.85. The minimum atomic E-state index is -0.565. The number of amides is 1. The van der Waals surface area contributed by atoms with Gasteiger partial charge < -0.3 is 11.1 Å². The van der Waals surface area contributed by atoms with Gasteiger partial charge in [0.25, 0.3) is 11.6 Å². The zero-order valence-electron chi connectivity index (χ0n) is 10.1. The number of hydrogen-bond donors (Lipinski definition) is 2. The molecule has 0 aromatic heterocycles. The first-order chi connectivity index (χ1) is 8.41. The molecule has 0 aliphatic heterocycles. The van der Waals surface area contributed by atoms with E-state index in [-0.39, 0.29) is 22.8 Å². The van der Waals surface area contributed by atoms with Gasteiger partial charge in [0.05, 0.1) is 4.92 Å². The summed E-state index contributed by atoms with van der Waals surface area (Å²) < 4.78 is 0. The van der Waals surface area contributed by atoms with E-state index in [1.807, 2.05) is 6.92 Å². The highest BCUT2D eigenvalue weighted by atomic mass is 16.6. The smallest absolute Gasteiger partial charge is 0.292 e. The van der Waals surface area contributed by atoms with Gasteiger partial charge in [0.1, 0.15) is 5.69 Å². The molecule has 0 spiro atoms. The van der Waals surface area contributed by atoms with Gasteiger partial charge in [-0.05, 0) is 38.3 Å². The van der Waals surface area contributed by atoms with E-state index in [1.165, 1.54) is 18.2 Å². The third-order valence-corrected chi connectivity index (χ3v) is 3.36. The largest absolute Gasteiger partial charge is 0.393 e. The maximum Gasteiger partial charge on any atom is 0.292 e. The number of carbonyl (C=O) groups is 1. The van der Waals surface area contributed by atoms with E-state index in [2.05, 4.69) is 5.32 Å². The van der Waals surface area contributed by atoms with E-state index in [1.54, 1.807) is 0 Å². The fraction of sp³-hybridized carbons (Fsp3) is 0.417. The van der Waals surface area contributed by atoms with Gasteiger partial charge in [-0.25, -0.2) is 0 Å². The molecule has 0 radical (unpaired) electrons. The number of anilines is 1. The number of nitro benzene ring substituents is 1. The highest BCUT2D eigenvalue weighted by molar-refractivity contribution is 5.96. The number of nitrogen functional groups attached to an aromatic ring is 1. The summed E-state index contributed by atoms with van der Waals surface area (Å²) in [5, 5.41) is 13.5. The van der Waals surface area contributed by atoms with E-state index >= 15 is 0 Å². The van der Waals surface area contributed by atoms with E-state index in [0.717, 1.165) is 19.3 Å². The summed E-state index contributed by atoms with van der Waals surface area (Å²) >= 11 is 0. The van der Waals surface area contributed by atoms with Crippen LogP contribution in [0.2, 0.25) is 0 Å². The van der Waals surface area contributed by atoms with Crippen LogP contribution in [0.5, 0.6) is 0 Å². The van der Waals surface area contributed by atoms with Gasteiger partial charge in [-0.15, -0.1) is 0 Å². The first-order valence-electron chi connectivity index (χ1n) is 5.78. The Labute approximate surface area is 104 Å². The van der Waals surface area contributed by atoms with Crippen molar-refractivity contribution in [1.82, 2.24) is 5.32 Å². The van der Waals surface area contributed by atoms with Crippen molar-refractivity contribution < 1.29 is 9.72 Å². The van der Waals surface area contributed by atoms with Crippen LogP contribution < -0.4 is 11.1 Å². The van der Waals surface area contributed by atoms with Crippen LogP contribution in [0.15, 0.2) is 18.2 Å². The molecular formula is C12H15N3O3. The number of nitrogens with zero attached hydrogens (tertiary/aromatic N) is 1. The zero-order valence-corrected chi connectivity index (χ0v) is 10.1. The summed E-state index contributed by atoms with van der Waals surface area (Å²) in [7, 11) is 0. The van der Waals surface area contributed by atoms with Crippen LogP contribution >= 0.6 is 0 Å². The Hall–Kier alpha value is -2.11. The molecule has 1 saturated carbocycles. The maximum absolute atomic E-state index is 11.9. The second-order valence-electron chi connectivity index (χ2n) is 4.90. The fourth-order valence-corrected chi connectivity index (χ4v) is 2.04. The summed E-state index contributed by atoms with van der Waals surface area (Å²) in [6, 6.07) is 4.02. The van der Waals surface area contributed by atoms with E-state index < -0.39 is 4.92 Å². The lowest BCUT2D eigenvalue weighted by Crippen LogP contribution is -2.50. The number of hydrogen-bond acceptors (Lipinski definition) is 4. The molecule has 2 rings (SSSR count). The van der Waals surface area contributed by atoms with E-state index in [4.69, 9.17) is 5.73 Å². The highest BCUT2D eigenvalue weighted by Gasteiger charge is 2.33. The molecule has 0 saturated heterocycles. The van der Waals surface area contributed by atoms with Crippen LogP contribution in [0.25, 0.3) is 0 Å². The van der Waals surface area contributed by atoms with E-state index in [9.17, 15) is 14.9 Å². The molecule has 18 heavy (non-hydrogen) atoms. The Morgan fingerprint density at radius 2 is 2.17 bits per heavy atom. The van der Waals surface area contributed by atoms with Crippen molar-refractivity contribution in [3.8, 4) is 0 Å². The van der Waals surface area contributed by atoms with Crippen LogP contribution in [0.1, 0.15) is 36.5 Å². The molecule has 96 valence electrons. The van der Waals surface area contributed by atoms with Gasteiger partial charge in [0.2, 0.25) is 0 Å². The first-order valence-corrected chi connectivity index (χ1v) is 5.78. The molecular weight excluding hydrogens is 234 g/mol. The van der Waals surface area contributed by atoms with Gasteiger partial charge in [0.15, 0.2) is 0 Å². The lowest BCUT2D eigenvalue weighted by Gasteiger charge is -2.39. The van der Waals surface area contributed by atoms with Crippen molar-refractivity contribution >= 4 is 17.3 Å². The summed E-state index contributed by atoms with van der Waals surface area (Å²) in [5.41, 5.74) is 5.58. The lowest BCUT2D eigenvalue weighted by atomic mass is 9.78. The van der Waals surface area contributed by atoms with Gasteiger partial charge in [-0.1, -0.05) is 0 Å². The summed E-state index contributed by atoms with van der Waals surface area (Å²) in [5.74, 6) is -0.237. The van der Waals surface area contributed by atoms with Crippen molar-refractivity contribution in [3.63, 3.8) is 0 Å². The second-order valence-corrected chi connectivity index (χ2v) is 4.90. The third-order valence-electron chi connectivity index (χ3n) is 3.36. The highest BCUT2D eigenvalue weighted by Crippen LogP contribution is 2.31. The van der Waals surface area contributed by atoms with Crippen molar-refractivity contribution in [2.45, 2.75) is 31.7 Å². The Kier molecular flexibility index (Phi) is 2.94. The molecule has 1 aliphatic rings. The average Bonchev–Trinajstić information content (AvgIpc) is 2.26. The van der Waals surface area contributed by atoms with Gasteiger partial charge in [0, 0.05) is 17.2 Å². The first kappa shape index (κ1) is 12.3. The van der Waals surface area contributed by atoms with E-state index in [0.29, 0.717) is 5.56 Å². The van der Waals surface area contributed by atoms with Gasteiger partial charge in [-0.2, -0.15) is 0 Å². The lowest BCUT2D eigenvalue weighted by molar-refractivity contribution is -0.383. The molecule has 1 aromatic carbocycles. The average molecular weight is 249 g/mol. The molecule has 0 bridgehead atoms. The normalized spacial score (nSPS) is 16.7. The predicted molar refractivity (Wildman–Crippen MR) is 67.2 cm³/mol.